The van der Waals surface area contributed by atoms with Crippen molar-refractivity contribution in [1.29, 1.82) is 0 Å². The number of carbonyl (C=O) groups is 1. The molecular weight excluding hydrogens is 184 g/mol. The molecule has 1 N–H and O–H groups in total. The van der Waals surface area contributed by atoms with Gasteiger partial charge >= 0.3 is 5.97 Å². The molecule has 4 heteroatoms. The zero-order valence-electron chi connectivity index (χ0n) is 9.37. The van der Waals surface area contributed by atoms with Crippen molar-refractivity contribution >= 4 is 5.97 Å². The van der Waals surface area contributed by atoms with Crippen molar-refractivity contribution in [2.45, 2.75) is 44.8 Å². The molecule has 14 heavy (non-hydrogen) atoms. The molecule has 0 aliphatic heterocycles. The van der Waals surface area contributed by atoms with Crippen molar-refractivity contribution < 1.29 is 19.4 Å². The lowest BCUT2D eigenvalue weighted by atomic mass is 9.98. The third-order valence-electron chi connectivity index (χ3n) is 2.19. The predicted molar refractivity (Wildman–Crippen MR) is 53.0 cm³/mol. The van der Waals surface area contributed by atoms with Crippen LogP contribution in [0.3, 0.4) is 0 Å². The van der Waals surface area contributed by atoms with E-state index in [0.717, 1.165) is 0 Å². The highest BCUT2D eigenvalue weighted by Crippen LogP contribution is 2.17. The lowest BCUT2D eigenvalue weighted by Crippen LogP contribution is -2.29. The van der Waals surface area contributed by atoms with Gasteiger partial charge in [-0.2, -0.15) is 0 Å². The summed E-state index contributed by atoms with van der Waals surface area (Å²) in [6.45, 7) is 3.79. The zero-order chi connectivity index (χ0) is 11.2. The molecule has 1 atom stereocenters. The lowest BCUT2D eigenvalue weighted by Gasteiger charge is -2.25. The Hall–Kier alpha value is -0.610. The second-order valence-corrected chi connectivity index (χ2v) is 3.94. The van der Waals surface area contributed by atoms with E-state index in [1.54, 1.807) is 7.11 Å². The van der Waals surface area contributed by atoms with E-state index in [0.29, 0.717) is 12.8 Å². The summed E-state index contributed by atoms with van der Waals surface area (Å²) in [5.41, 5.74) is -0.352. The number of aliphatic hydroxyl groups excluding tert-OH is 1. The summed E-state index contributed by atoms with van der Waals surface area (Å²) in [4.78, 5) is 10.8. The Morgan fingerprint density at radius 3 is 2.43 bits per heavy atom. The molecule has 0 saturated carbocycles. The van der Waals surface area contributed by atoms with Gasteiger partial charge in [0.05, 0.1) is 18.8 Å². The molecule has 0 fully saturated rings. The van der Waals surface area contributed by atoms with Crippen molar-refractivity contribution in [3.63, 3.8) is 0 Å². The summed E-state index contributed by atoms with van der Waals surface area (Å²) in [5.74, 6) is -0.292. The first-order chi connectivity index (χ1) is 6.41. The largest absolute Gasteiger partial charge is 0.469 e. The van der Waals surface area contributed by atoms with Crippen LogP contribution in [-0.2, 0) is 14.3 Å². The monoisotopic (exact) mass is 204 g/mol. The quantitative estimate of drug-likeness (QED) is 0.659. The van der Waals surface area contributed by atoms with Crippen molar-refractivity contribution in [2.24, 2.45) is 0 Å². The van der Waals surface area contributed by atoms with Gasteiger partial charge in [0.1, 0.15) is 0 Å². The molecule has 0 aromatic heterocycles. The lowest BCUT2D eigenvalue weighted by molar-refractivity contribution is -0.141. The fourth-order valence-electron chi connectivity index (χ4n) is 1.14. The van der Waals surface area contributed by atoms with Crippen molar-refractivity contribution in [1.82, 2.24) is 0 Å². The Morgan fingerprint density at radius 2 is 2.00 bits per heavy atom. The van der Waals surface area contributed by atoms with Crippen LogP contribution in [0, 0.1) is 0 Å². The molecule has 0 aliphatic rings. The van der Waals surface area contributed by atoms with Crippen LogP contribution in [0.2, 0.25) is 0 Å². The van der Waals surface area contributed by atoms with Gasteiger partial charge in [-0.05, 0) is 20.3 Å². The molecule has 0 aliphatic carbocycles. The standard InChI is InChI=1S/C10H20O4/c1-10(2,14-4)7-8(11)5-6-9(12)13-3/h8,11H,5-7H2,1-4H3. The smallest absolute Gasteiger partial charge is 0.305 e. The van der Waals surface area contributed by atoms with E-state index in [1.807, 2.05) is 13.8 Å². The third kappa shape index (κ3) is 5.94. The van der Waals surface area contributed by atoms with Gasteiger partial charge in [-0.15, -0.1) is 0 Å². The van der Waals surface area contributed by atoms with E-state index in [4.69, 9.17) is 4.74 Å². The average Bonchev–Trinajstić information content (AvgIpc) is 2.13. The van der Waals surface area contributed by atoms with Crippen LogP contribution in [0.25, 0.3) is 0 Å². The molecule has 0 saturated heterocycles. The maximum atomic E-state index is 10.8. The van der Waals surface area contributed by atoms with Gasteiger partial charge in [-0.1, -0.05) is 0 Å². The average molecular weight is 204 g/mol. The number of hydrogen-bond donors (Lipinski definition) is 1. The second-order valence-electron chi connectivity index (χ2n) is 3.94. The Morgan fingerprint density at radius 1 is 1.43 bits per heavy atom. The topological polar surface area (TPSA) is 55.8 Å². The third-order valence-corrected chi connectivity index (χ3v) is 2.19. The van der Waals surface area contributed by atoms with Crippen molar-refractivity contribution in [3.05, 3.63) is 0 Å². The van der Waals surface area contributed by atoms with Crippen LogP contribution in [-0.4, -0.2) is 37.0 Å². The summed E-state index contributed by atoms with van der Waals surface area (Å²) in [6, 6.07) is 0. The summed E-state index contributed by atoms with van der Waals surface area (Å²) >= 11 is 0. The normalized spacial score (nSPS) is 13.8. The van der Waals surface area contributed by atoms with Crippen LogP contribution in [0.15, 0.2) is 0 Å². The number of ether oxygens (including phenoxy) is 2. The summed E-state index contributed by atoms with van der Waals surface area (Å²) in [5, 5.41) is 9.57. The van der Waals surface area contributed by atoms with Crippen molar-refractivity contribution in [2.75, 3.05) is 14.2 Å². The molecule has 0 bridgehead atoms. The molecule has 0 heterocycles. The molecule has 0 radical (unpaired) electrons. The van der Waals surface area contributed by atoms with Crippen molar-refractivity contribution in [3.8, 4) is 0 Å². The van der Waals surface area contributed by atoms with Crippen LogP contribution in [0.4, 0.5) is 0 Å². The van der Waals surface area contributed by atoms with Gasteiger partial charge in [0.2, 0.25) is 0 Å². The fraction of sp³-hybridized carbons (Fsp3) is 0.900. The zero-order valence-corrected chi connectivity index (χ0v) is 9.37. The summed E-state index contributed by atoms with van der Waals surface area (Å²) < 4.78 is 9.64. The predicted octanol–water partition coefficient (Wildman–Crippen LogP) is 1.12. The second kappa shape index (κ2) is 5.98. The Labute approximate surface area is 85.2 Å². The first kappa shape index (κ1) is 13.4. The molecule has 84 valence electrons. The van der Waals surface area contributed by atoms with Crippen LogP contribution < -0.4 is 0 Å². The highest BCUT2D eigenvalue weighted by atomic mass is 16.5. The molecule has 0 rings (SSSR count). The van der Waals surface area contributed by atoms with Gasteiger partial charge in [0.15, 0.2) is 0 Å². The highest BCUT2D eigenvalue weighted by Gasteiger charge is 2.21. The maximum Gasteiger partial charge on any atom is 0.305 e. The first-order valence-corrected chi connectivity index (χ1v) is 4.71. The number of hydrogen-bond acceptors (Lipinski definition) is 4. The minimum Gasteiger partial charge on any atom is -0.469 e. The first-order valence-electron chi connectivity index (χ1n) is 4.71. The molecule has 1 unspecified atom stereocenters. The number of rotatable bonds is 6. The maximum absolute atomic E-state index is 10.8. The van der Waals surface area contributed by atoms with E-state index in [2.05, 4.69) is 4.74 Å². The molecule has 4 nitrogen and oxygen atoms in total. The minimum atomic E-state index is -0.524. The highest BCUT2D eigenvalue weighted by molar-refractivity contribution is 5.69. The Kier molecular flexibility index (Phi) is 5.72. The molecule has 0 aromatic carbocycles. The van der Waals surface area contributed by atoms with Gasteiger partial charge in [-0.25, -0.2) is 0 Å². The summed E-state index contributed by atoms with van der Waals surface area (Å²) in [6.07, 6.45) is 0.654. The van der Waals surface area contributed by atoms with Gasteiger partial charge < -0.3 is 14.6 Å². The van der Waals surface area contributed by atoms with Crippen LogP contribution in [0.1, 0.15) is 33.1 Å². The van der Waals surface area contributed by atoms with E-state index < -0.39 is 6.10 Å². The van der Waals surface area contributed by atoms with Gasteiger partial charge in [-0.3, -0.25) is 4.79 Å². The molecule has 0 aromatic rings. The SMILES string of the molecule is COC(=O)CCC(O)CC(C)(C)OC. The molecule has 0 spiro atoms. The summed E-state index contributed by atoms with van der Waals surface area (Å²) in [7, 11) is 2.95. The number of aliphatic hydroxyl groups is 1. The van der Waals surface area contributed by atoms with Gasteiger partial charge in [0, 0.05) is 20.0 Å². The fourth-order valence-corrected chi connectivity index (χ4v) is 1.14. The Bertz CT molecular complexity index is 177. The number of carbonyl (C=O) groups excluding carboxylic acids is 1. The Balaban J connectivity index is 3.75. The van der Waals surface area contributed by atoms with Crippen LogP contribution >= 0.6 is 0 Å². The number of esters is 1. The molecule has 0 amide bonds. The minimum absolute atomic E-state index is 0.247. The van der Waals surface area contributed by atoms with E-state index in [9.17, 15) is 9.90 Å². The van der Waals surface area contributed by atoms with E-state index in [-0.39, 0.29) is 18.0 Å². The van der Waals surface area contributed by atoms with Gasteiger partial charge in [0.25, 0.3) is 0 Å². The van der Waals surface area contributed by atoms with Crippen LogP contribution in [0.5, 0.6) is 0 Å². The van der Waals surface area contributed by atoms with E-state index >= 15 is 0 Å². The van der Waals surface area contributed by atoms with E-state index in [1.165, 1.54) is 7.11 Å². The number of methoxy groups -OCH3 is 2. The molecular formula is C10H20O4.